The van der Waals surface area contributed by atoms with Crippen LogP contribution in [0, 0.1) is 0 Å². The van der Waals surface area contributed by atoms with Crippen molar-refractivity contribution in [1.29, 1.82) is 0 Å². The highest BCUT2D eigenvalue weighted by atomic mass is 35.5. The molecule has 3 rings (SSSR count). The Morgan fingerprint density at radius 3 is 2.84 bits per heavy atom. The van der Waals surface area contributed by atoms with Gasteiger partial charge in [-0.05, 0) is 30.4 Å². The first-order chi connectivity index (χ1) is 12.0. The van der Waals surface area contributed by atoms with Gasteiger partial charge in [0.15, 0.2) is 6.54 Å². The van der Waals surface area contributed by atoms with Gasteiger partial charge < -0.3 is 9.80 Å². The largest absolute Gasteiger partial charge is 0.332 e. The summed E-state index contributed by atoms with van der Waals surface area (Å²) in [5.74, 6) is 0.142. The van der Waals surface area contributed by atoms with Crippen LogP contribution in [0.15, 0.2) is 30.5 Å². The molecule has 134 valence electrons. The van der Waals surface area contributed by atoms with Crippen LogP contribution in [0.4, 0.5) is 0 Å². The molecule has 1 aliphatic carbocycles. The molecule has 0 radical (unpaired) electrons. The third-order valence-electron chi connectivity index (χ3n) is 4.71. The molecule has 0 aliphatic heterocycles. The van der Waals surface area contributed by atoms with Gasteiger partial charge in [-0.1, -0.05) is 35.9 Å². The second-order valence-corrected chi connectivity index (χ2v) is 7.52. The number of aromatic nitrogens is 2. The smallest absolute Gasteiger partial charge is 0.278 e. The second kappa shape index (κ2) is 7.58. The van der Waals surface area contributed by atoms with Gasteiger partial charge in [-0.15, -0.1) is 0 Å². The molecule has 1 N–H and O–H groups in total. The van der Waals surface area contributed by atoms with Crippen molar-refractivity contribution < 1.29 is 9.69 Å². The maximum Gasteiger partial charge on any atom is 0.278 e. The fraction of sp³-hybridized carbons (Fsp3) is 0.474. The number of hydrogen-bond acceptors (Lipinski definition) is 2. The molecule has 1 aromatic carbocycles. The van der Waals surface area contributed by atoms with Crippen LogP contribution >= 0.6 is 11.6 Å². The van der Waals surface area contributed by atoms with E-state index in [4.69, 9.17) is 11.6 Å². The van der Waals surface area contributed by atoms with Crippen LogP contribution in [0.2, 0.25) is 5.02 Å². The summed E-state index contributed by atoms with van der Waals surface area (Å²) in [5, 5.41) is 5.06. The number of carbonyl (C=O) groups is 1. The number of likely N-dealkylation sites (N-methyl/N-ethyl adjacent to an activating group) is 1. The summed E-state index contributed by atoms with van der Waals surface area (Å²) in [6.07, 6.45) is 4.94. The van der Waals surface area contributed by atoms with Crippen molar-refractivity contribution in [3.63, 3.8) is 0 Å². The number of hydrogen-bond donors (Lipinski definition) is 1. The molecule has 1 aliphatic rings. The molecule has 0 spiro atoms. The maximum atomic E-state index is 13.0. The average molecular weight is 362 g/mol. The van der Waals surface area contributed by atoms with E-state index < -0.39 is 0 Å². The van der Waals surface area contributed by atoms with Crippen molar-refractivity contribution in [2.45, 2.75) is 31.8 Å². The maximum absolute atomic E-state index is 13.0. The quantitative estimate of drug-likeness (QED) is 0.879. The highest BCUT2D eigenvalue weighted by Crippen LogP contribution is 2.35. The predicted molar refractivity (Wildman–Crippen MR) is 98.6 cm³/mol. The zero-order valence-corrected chi connectivity index (χ0v) is 15.9. The Morgan fingerprint density at radius 1 is 1.40 bits per heavy atom. The van der Waals surface area contributed by atoms with Gasteiger partial charge in [-0.25, -0.2) is 0 Å². The van der Waals surface area contributed by atoms with E-state index in [1.165, 1.54) is 11.1 Å². The number of quaternary nitrogens is 1. The summed E-state index contributed by atoms with van der Waals surface area (Å²) >= 11 is 6.31. The highest BCUT2D eigenvalue weighted by molar-refractivity contribution is 6.31. The van der Waals surface area contributed by atoms with Gasteiger partial charge in [-0.2, -0.15) is 5.10 Å². The van der Waals surface area contributed by atoms with E-state index in [1.54, 1.807) is 10.9 Å². The van der Waals surface area contributed by atoms with Crippen LogP contribution in [0.5, 0.6) is 0 Å². The number of aryl methyl sites for hydroxylation is 2. The van der Waals surface area contributed by atoms with Crippen molar-refractivity contribution >= 4 is 17.5 Å². The number of fused-ring (bicyclic) bond motifs is 1. The van der Waals surface area contributed by atoms with E-state index in [0.717, 1.165) is 29.9 Å². The summed E-state index contributed by atoms with van der Waals surface area (Å²) in [4.78, 5) is 16.1. The molecule has 0 saturated heterocycles. The third kappa shape index (κ3) is 4.05. The Balaban J connectivity index is 1.94. The van der Waals surface area contributed by atoms with E-state index in [1.807, 2.05) is 26.0 Å². The molecular formula is C19H26ClN4O+. The van der Waals surface area contributed by atoms with Crippen LogP contribution in [-0.2, 0) is 24.8 Å². The number of amides is 1. The van der Waals surface area contributed by atoms with E-state index in [2.05, 4.69) is 29.4 Å². The summed E-state index contributed by atoms with van der Waals surface area (Å²) in [5.41, 5.74) is 3.37. The molecule has 6 heteroatoms. The predicted octanol–water partition coefficient (Wildman–Crippen LogP) is 1.62. The van der Waals surface area contributed by atoms with Crippen LogP contribution in [-0.4, -0.2) is 41.2 Å². The lowest BCUT2D eigenvalue weighted by atomic mass is 9.86. The molecule has 1 aromatic heterocycles. The van der Waals surface area contributed by atoms with E-state index in [0.29, 0.717) is 18.1 Å². The molecule has 0 fully saturated rings. The summed E-state index contributed by atoms with van der Waals surface area (Å²) in [6.45, 7) is 0.911. The first-order valence-corrected chi connectivity index (χ1v) is 9.18. The molecule has 2 aromatic rings. The van der Waals surface area contributed by atoms with E-state index >= 15 is 0 Å². The minimum absolute atomic E-state index is 0.0925. The molecular weight excluding hydrogens is 336 g/mol. The van der Waals surface area contributed by atoms with Crippen molar-refractivity contribution in [3.8, 4) is 0 Å². The standard InChI is InChI=1S/C19H25ClN4O/c1-22(2)13-19(25)24(12-17-16(20)11-23(3)21-17)18-10-6-8-14-7-4-5-9-15(14)18/h4-5,7,9,11,18H,6,8,10,12-13H2,1-3H3/p+1/t18-/m1/s1. The molecule has 1 atom stereocenters. The number of nitrogens with one attached hydrogen (secondary N) is 1. The summed E-state index contributed by atoms with van der Waals surface area (Å²) in [6, 6.07) is 8.56. The van der Waals surface area contributed by atoms with Crippen molar-refractivity contribution in [3.05, 3.63) is 52.3 Å². The SMILES string of the molecule is Cn1cc(Cl)c(CN(C(=O)C[NH+](C)C)[C@@H]2CCCc3ccccc32)n1. The van der Waals surface area contributed by atoms with Gasteiger partial charge in [0.05, 0.1) is 31.7 Å². The van der Waals surface area contributed by atoms with E-state index in [9.17, 15) is 4.79 Å². The Labute approximate surface area is 154 Å². The lowest BCUT2D eigenvalue weighted by Gasteiger charge is -2.35. The van der Waals surface area contributed by atoms with Crippen molar-refractivity contribution in [2.24, 2.45) is 7.05 Å². The number of rotatable bonds is 5. The Hall–Kier alpha value is -1.85. The third-order valence-corrected chi connectivity index (χ3v) is 5.03. The zero-order chi connectivity index (χ0) is 18.0. The van der Waals surface area contributed by atoms with Crippen molar-refractivity contribution in [1.82, 2.24) is 14.7 Å². The molecule has 1 heterocycles. The first-order valence-electron chi connectivity index (χ1n) is 8.80. The summed E-state index contributed by atoms with van der Waals surface area (Å²) in [7, 11) is 5.85. The zero-order valence-electron chi connectivity index (χ0n) is 15.1. The van der Waals surface area contributed by atoms with Crippen LogP contribution in [0.25, 0.3) is 0 Å². The number of carbonyl (C=O) groups excluding carboxylic acids is 1. The first kappa shape index (κ1) is 18.0. The van der Waals surface area contributed by atoms with Crippen LogP contribution in [0.3, 0.4) is 0 Å². The van der Waals surface area contributed by atoms with Gasteiger partial charge in [0, 0.05) is 13.2 Å². The molecule has 25 heavy (non-hydrogen) atoms. The molecule has 1 amide bonds. The fourth-order valence-electron chi connectivity index (χ4n) is 3.60. The van der Waals surface area contributed by atoms with Gasteiger partial charge >= 0.3 is 0 Å². The number of benzene rings is 1. The second-order valence-electron chi connectivity index (χ2n) is 7.11. The van der Waals surface area contributed by atoms with Crippen LogP contribution < -0.4 is 4.90 Å². The minimum atomic E-state index is 0.0925. The van der Waals surface area contributed by atoms with Crippen LogP contribution in [0.1, 0.15) is 35.7 Å². The van der Waals surface area contributed by atoms with Gasteiger partial charge in [0.2, 0.25) is 0 Å². The average Bonchev–Trinajstić information content (AvgIpc) is 2.89. The van der Waals surface area contributed by atoms with Gasteiger partial charge in [-0.3, -0.25) is 9.48 Å². The number of nitrogens with zero attached hydrogens (tertiary/aromatic N) is 3. The monoisotopic (exact) mass is 361 g/mol. The summed E-state index contributed by atoms with van der Waals surface area (Å²) < 4.78 is 1.70. The molecule has 0 unspecified atom stereocenters. The van der Waals surface area contributed by atoms with Crippen molar-refractivity contribution in [2.75, 3.05) is 20.6 Å². The topological polar surface area (TPSA) is 42.6 Å². The Bertz CT molecular complexity index is 756. The normalized spacial score (nSPS) is 16.8. The lowest BCUT2D eigenvalue weighted by molar-refractivity contribution is -0.849. The minimum Gasteiger partial charge on any atom is -0.332 e. The number of halogens is 1. The fourth-order valence-corrected chi connectivity index (χ4v) is 3.84. The Kier molecular flexibility index (Phi) is 5.45. The molecule has 0 saturated carbocycles. The highest BCUT2D eigenvalue weighted by Gasteiger charge is 2.31. The lowest BCUT2D eigenvalue weighted by Crippen LogP contribution is -3.07. The molecule has 0 bridgehead atoms. The van der Waals surface area contributed by atoms with E-state index in [-0.39, 0.29) is 11.9 Å². The Morgan fingerprint density at radius 2 is 2.16 bits per heavy atom. The molecule has 5 nitrogen and oxygen atoms in total. The van der Waals surface area contributed by atoms with Gasteiger partial charge in [0.25, 0.3) is 5.91 Å². The van der Waals surface area contributed by atoms with Gasteiger partial charge in [0.1, 0.15) is 5.69 Å².